The van der Waals surface area contributed by atoms with Crippen LogP contribution in [-0.4, -0.2) is 104 Å². The monoisotopic (exact) mass is 650 g/mol. The minimum atomic E-state index is -4.02. The standard InChI is InChI=1S/C22H23ClN2O8.C7H8O3S/c1-7-8-5-4-6-9(26)10(8)17(29)21(23)12(7)16(28)13-14(25(2)3)15(27)11(19(24)31)18(30)22(13,33)20(21)32;1-6-2-4-7(5-3-6)11(8,9)10/h4-6,11-16,26-28,33H,1H2,2-3H3,(H2,24,31);2-5H,1H3,(H,8,9,10)/t11?,12-,13+,14-,15?,16-,21?,22+;/m0./s1. The van der Waals surface area contributed by atoms with E-state index in [0.717, 1.165) is 5.56 Å². The van der Waals surface area contributed by atoms with Crippen LogP contribution in [0.4, 0.5) is 0 Å². The molecule has 15 heteroatoms. The summed E-state index contributed by atoms with van der Waals surface area (Å²) in [5.41, 5.74) is 2.98. The molecule has 0 aliphatic heterocycles. The van der Waals surface area contributed by atoms with Crippen LogP contribution >= 0.6 is 11.6 Å². The number of phenolic OH excluding ortho intramolecular Hbond substituents is 1. The second-order valence-corrected chi connectivity index (χ2v) is 13.4. The quantitative estimate of drug-likeness (QED) is 0.143. The molecule has 2 aromatic rings. The zero-order chi connectivity index (χ0) is 33.3. The second-order valence-electron chi connectivity index (χ2n) is 11.3. The lowest BCUT2D eigenvalue weighted by atomic mass is 9.49. The number of hydrogen-bond acceptors (Lipinski definition) is 11. The molecule has 44 heavy (non-hydrogen) atoms. The predicted molar refractivity (Wildman–Crippen MR) is 155 cm³/mol. The van der Waals surface area contributed by atoms with Crippen molar-refractivity contribution in [2.45, 2.75) is 40.5 Å². The Morgan fingerprint density at radius 3 is 2.11 bits per heavy atom. The number of aliphatic hydroxyl groups excluding tert-OH is 2. The number of nitrogens with zero attached hydrogens (tertiary/aromatic N) is 1. The van der Waals surface area contributed by atoms with Gasteiger partial charge in [0.05, 0.1) is 22.7 Å². The highest BCUT2D eigenvalue weighted by molar-refractivity contribution is 7.85. The summed E-state index contributed by atoms with van der Waals surface area (Å²) in [6.45, 7) is 5.72. The Labute approximate surface area is 257 Å². The van der Waals surface area contributed by atoms with E-state index in [1.807, 2.05) is 6.92 Å². The number of Topliss-reactive ketones (excluding diaryl/α,β-unsaturated/α-hetero) is 3. The van der Waals surface area contributed by atoms with Gasteiger partial charge in [-0.15, -0.1) is 11.6 Å². The molecule has 2 aromatic carbocycles. The number of aromatic hydroxyl groups is 1. The number of rotatable bonds is 3. The third kappa shape index (κ3) is 4.77. The number of likely N-dealkylation sites (N-methyl/N-ethyl adjacent to an activating group) is 1. The number of amides is 1. The van der Waals surface area contributed by atoms with Gasteiger partial charge in [0.2, 0.25) is 11.7 Å². The Morgan fingerprint density at radius 1 is 1.05 bits per heavy atom. The summed E-state index contributed by atoms with van der Waals surface area (Å²) in [7, 11) is -1.11. The number of ketones is 3. The van der Waals surface area contributed by atoms with E-state index in [1.54, 1.807) is 12.1 Å². The number of nitrogens with two attached hydrogens (primary N) is 1. The molecule has 236 valence electrons. The van der Waals surface area contributed by atoms with Crippen molar-refractivity contribution in [1.29, 1.82) is 0 Å². The molecule has 1 amide bonds. The van der Waals surface area contributed by atoms with Gasteiger partial charge in [-0.1, -0.05) is 36.4 Å². The summed E-state index contributed by atoms with van der Waals surface area (Å²) in [5.74, 6) is -11.0. The smallest absolute Gasteiger partial charge is 0.294 e. The number of carbonyl (C=O) groups excluding carboxylic acids is 4. The molecule has 0 spiro atoms. The van der Waals surface area contributed by atoms with Gasteiger partial charge in [-0.2, -0.15) is 8.42 Å². The average Bonchev–Trinajstić information content (AvgIpc) is 2.92. The van der Waals surface area contributed by atoms with Crippen LogP contribution in [0.2, 0.25) is 0 Å². The summed E-state index contributed by atoms with van der Waals surface area (Å²) in [4.78, 5) is 51.1. The van der Waals surface area contributed by atoms with E-state index >= 15 is 0 Å². The van der Waals surface area contributed by atoms with Crippen molar-refractivity contribution < 1.29 is 52.6 Å². The molecule has 3 aliphatic rings. The number of halogens is 1. The van der Waals surface area contributed by atoms with E-state index in [1.165, 1.54) is 49.3 Å². The average molecular weight is 651 g/mol. The molecule has 0 aromatic heterocycles. The Hall–Kier alpha value is -3.50. The number of benzene rings is 2. The van der Waals surface area contributed by atoms with Gasteiger partial charge >= 0.3 is 0 Å². The fraction of sp³-hybridized carbons (Fsp3) is 0.379. The Balaban J connectivity index is 0.000000339. The summed E-state index contributed by atoms with van der Waals surface area (Å²) >= 11 is 6.60. The van der Waals surface area contributed by atoms with Gasteiger partial charge in [-0.05, 0) is 50.4 Å². The van der Waals surface area contributed by atoms with E-state index in [4.69, 9.17) is 21.9 Å². The molecule has 3 unspecified atom stereocenters. The molecule has 0 bridgehead atoms. The molecule has 13 nitrogen and oxygen atoms in total. The van der Waals surface area contributed by atoms with Crippen LogP contribution in [-0.2, 0) is 24.5 Å². The highest BCUT2D eigenvalue weighted by atomic mass is 35.5. The minimum absolute atomic E-state index is 0.0369. The van der Waals surface area contributed by atoms with Crippen molar-refractivity contribution in [3.05, 3.63) is 65.7 Å². The summed E-state index contributed by atoms with van der Waals surface area (Å²) in [5, 5.41) is 44.1. The van der Waals surface area contributed by atoms with E-state index < -0.39 is 85.6 Å². The van der Waals surface area contributed by atoms with E-state index in [-0.39, 0.29) is 21.6 Å². The largest absolute Gasteiger partial charge is 0.507 e. The molecule has 2 fully saturated rings. The highest BCUT2D eigenvalue weighted by Crippen LogP contribution is 2.58. The zero-order valence-corrected chi connectivity index (χ0v) is 25.3. The molecule has 0 radical (unpaired) electrons. The maximum atomic E-state index is 13.8. The highest BCUT2D eigenvalue weighted by Gasteiger charge is 2.77. The first-order chi connectivity index (χ1) is 20.2. The van der Waals surface area contributed by atoms with Crippen molar-refractivity contribution in [2.24, 2.45) is 23.5 Å². The number of carbonyl (C=O) groups is 4. The van der Waals surface area contributed by atoms with Crippen LogP contribution in [0.5, 0.6) is 5.75 Å². The molecular weight excluding hydrogens is 620 g/mol. The molecule has 0 heterocycles. The van der Waals surface area contributed by atoms with Gasteiger partial charge in [0, 0.05) is 17.9 Å². The van der Waals surface area contributed by atoms with E-state index in [9.17, 15) is 48.0 Å². The third-order valence-corrected chi connectivity index (χ3v) is 10.0. The molecule has 5 rings (SSSR count). The number of primary amides is 1. The SMILES string of the molecule is C=C1c2cccc(O)c2C(=O)C2(Cl)C(=O)[C@]3(O)C(=O)C(C(N)=O)C(O)[C@@H](N(C)C)[C@@H]3[C@@H](O)[C@H]12.Cc1ccc(S(=O)(=O)O)cc1. The second kappa shape index (κ2) is 11.1. The number of hydrogen-bond donors (Lipinski definition) is 6. The van der Waals surface area contributed by atoms with Crippen LogP contribution in [0.25, 0.3) is 5.57 Å². The number of aliphatic hydroxyl groups is 3. The number of aryl methyl sites for hydroxylation is 1. The van der Waals surface area contributed by atoms with Crippen LogP contribution in [0.15, 0.2) is 53.9 Å². The van der Waals surface area contributed by atoms with Crippen molar-refractivity contribution in [1.82, 2.24) is 4.90 Å². The normalized spacial score (nSPS) is 33.1. The summed E-state index contributed by atoms with van der Waals surface area (Å²) < 4.78 is 29.6. The molecule has 2 saturated carbocycles. The van der Waals surface area contributed by atoms with Gasteiger partial charge in [-0.25, -0.2) is 0 Å². The first-order valence-corrected chi connectivity index (χ1v) is 15.0. The van der Waals surface area contributed by atoms with Crippen molar-refractivity contribution >= 4 is 50.5 Å². The van der Waals surface area contributed by atoms with Crippen molar-refractivity contribution in [3.8, 4) is 5.75 Å². The lowest BCUT2D eigenvalue weighted by molar-refractivity contribution is -0.203. The molecule has 0 saturated heterocycles. The molecule has 7 N–H and O–H groups in total. The van der Waals surface area contributed by atoms with Crippen LogP contribution in [0.3, 0.4) is 0 Å². The van der Waals surface area contributed by atoms with E-state index in [2.05, 4.69) is 6.58 Å². The lowest BCUT2D eigenvalue weighted by Crippen LogP contribution is -2.81. The lowest BCUT2D eigenvalue weighted by Gasteiger charge is -2.59. The zero-order valence-electron chi connectivity index (χ0n) is 23.7. The summed E-state index contributed by atoms with van der Waals surface area (Å²) in [6.07, 6.45) is -3.58. The number of fused-ring (bicyclic) bond motifs is 3. The predicted octanol–water partition coefficient (Wildman–Crippen LogP) is -0.297. The molecule has 3 aliphatic carbocycles. The maximum Gasteiger partial charge on any atom is 0.294 e. The summed E-state index contributed by atoms with van der Waals surface area (Å²) in [6, 6.07) is 8.78. The Morgan fingerprint density at radius 2 is 1.61 bits per heavy atom. The van der Waals surface area contributed by atoms with Crippen molar-refractivity contribution in [3.63, 3.8) is 0 Å². The van der Waals surface area contributed by atoms with Gasteiger partial charge in [0.15, 0.2) is 22.0 Å². The van der Waals surface area contributed by atoms with Crippen LogP contribution in [0, 0.1) is 24.7 Å². The maximum absolute atomic E-state index is 13.8. The van der Waals surface area contributed by atoms with Gasteiger partial charge < -0.3 is 31.1 Å². The fourth-order valence-electron chi connectivity index (χ4n) is 6.51. The topological polar surface area (TPSA) is 233 Å². The molecular formula is C29H31ClN2O11S. The van der Waals surface area contributed by atoms with E-state index in [0.29, 0.717) is 0 Å². The Kier molecular flexibility index (Phi) is 8.45. The van der Waals surface area contributed by atoms with Crippen molar-refractivity contribution in [2.75, 3.05) is 14.1 Å². The Bertz CT molecular complexity index is 1690. The van der Waals surface area contributed by atoms with Gasteiger partial charge in [-0.3, -0.25) is 23.7 Å². The fourth-order valence-corrected chi connectivity index (χ4v) is 7.49. The number of phenols is 1. The first kappa shape index (κ1) is 33.4. The third-order valence-electron chi connectivity index (χ3n) is 8.56. The number of alkyl halides is 1. The van der Waals surface area contributed by atoms with Crippen LogP contribution in [0.1, 0.15) is 21.5 Å². The van der Waals surface area contributed by atoms with Crippen LogP contribution < -0.4 is 5.73 Å². The minimum Gasteiger partial charge on any atom is -0.507 e. The van der Waals surface area contributed by atoms with Gasteiger partial charge in [0.1, 0.15) is 11.7 Å². The molecule has 8 atom stereocenters. The first-order valence-electron chi connectivity index (χ1n) is 13.2. The van der Waals surface area contributed by atoms with Gasteiger partial charge in [0.25, 0.3) is 10.1 Å².